The molecule has 0 spiro atoms. The smallest absolute Gasteiger partial charge is 0.257 e. The minimum Gasteiger partial charge on any atom is -0.370 e. The molecule has 1 unspecified atom stereocenters. The molecule has 1 aliphatic heterocycles. The number of carbonyl (C=O) groups is 1. The van der Waals surface area contributed by atoms with E-state index in [4.69, 9.17) is 4.74 Å². The van der Waals surface area contributed by atoms with Crippen LogP contribution in [0.5, 0.6) is 0 Å². The summed E-state index contributed by atoms with van der Waals surface area (Å²) in [7, 11) is 0. The van der Waals surface area contributed by atoms with E-state index in [1.165, 1.54) is 12.1 Å². The van der Waals surface area contributed by atoms with Crippen molar-refractivity contribution in [3.8, 4) is 0 Å². The van der Waals surface area contributed by atoms with Gasteiger partial charge in [0.15, 0.2) is 0 Å². The second kappa shape index (κ2) is 5.65. The van der Waals surface area contributed by atoms with Crippen molar-refractivity contribution < 1.29 is 13.9 Å². The lowest BCUT2D eigenvalue weighted by Gasteiger charge is -2.33. The maximum atomic E-state index is 13.0. The molecule has 0 saturated carbocycles. The molecular weight excluding hydrogens is 273 g/mol. The normalized spacial score (nSPS) is 18.8. The van der Waals surface area contributed by atoms with Gasteiger partial charge in [0, 0.05) is 12.2 Å². The van der Waals surface area contributed by atoms with Gasteiger partial charge in [0.2, 0.25) is 0 Å². The Hall–Kier alpha value is -2.21. The maximum Gasteiger partial charge on any atom is 0.257 e. The summed E-state index contributed by atoms with van der Waals surface area (Å²) in [6.07, 6.45) is 1.32. The number of halogens is 1. The number of hydrogen-bond acceptors (Lipinski definition) is 3. The van der Waals surface area contributed by atoms with Crippen molar-refractivity contribution in [1.82, 2.24) is 15.1 Å². The van der Waals surface area contributed by atoms with Gasteiger partial charge in [0.1, 0.15) is 11.9 Å². The fourth-order valence-corrected chi connectivity index (χ4v) is 2.45. The average Bonchev–Trinajstić information content (AvgIpc) is 2.93. The second-order valence-corrected chi connectivity index (χ2v) is 5.07. The van der Waals surface area contributed by atoms with Gasteiger partial charge in [-0.3, -0.25) is 9.89 Å². The number of carbonyl (C=O) groups excluding carboxylic acids is 1. The predicted molar refractivity (Wildman–Crippen MR) is 74.3 cm³/mol. The number of aryl methyl sites for hydroxylation is 1. The van der Waals surface area contributed by atoms with Gasteiger partial charge in [-0.1, -0.05) is 12.1 Å². The molecule has 1 aromatic heterocycles. The fraction of sp³-hybridized carbons (Fsp3) is 0.333. The van der Waals surface area contributed by atoms with E-state index in [0.29, 0.717) is 25.3 Å². The molecule has 2 aromatic rings. The van der Waals surface area contributed by atoms with Gasteiger partial charge in [-0.15, -0.1) is 0 Å². The highest BCUT2D eigenvalue weighted by atomic mass is 19.1. The number of benzene rings is 1. The first-order valence-electron chi connectivity index (χ1n) is 6.81. The third kappa shape index (κ3) is 2.80. The molecule has 1 N–H and O–H groups in total. The standard InChI is InChI=1S/C15H16FN3O2/c1-10-13(8-17-18-10)15(20)19-6-7-21-14(9-19)11-2-4-12(16)5-3-11/h2-5,8,14H,6-7,9H2,1H3,(H,17,18). The molecule has 2 heterocycles. The number of H-pyrrole nitrogens is 1. The van der Waals surface area contributed by atoms with Crippen LogP contribution in [0.4, 0.5) is 4.39 Å². The number of ether oxygens (including phenoxy) is 1. The molecule has 0 radical (unpaired) electrons. The lowest BCUT2D eigenvalue weighted by molar-refractivity contribution is -0.0228. The average molecular weight is 289 g/mol. The van der Waals surface area contributed by atoms with Crippen LogP contribution in [0.25, 0.3) is 0 Å². The molecule has 0 bridgehead atoms. The van der Waals surface area contributed by atoms with Crippen LogP contribution in [0.2, 0.25) is 0 Å². The van der Waals surface area contributed by atoms with Gasteiger partial charge in [0.05, 0.1) is 24.9 Å². The molecule has 0 aliphatic carbocycles. The molecule has 1 atom stereocenters. The second-order valence-electron chi connectivity index (χ2n) is 5.07. The Morgan fingerprint density at radius 2 is 2.19 bits per heavy atom. The Balaban J connectivity index is 1.75. The summed E-state index contributed by atoms with van der Waals surface area (Å²) in [4.78, 5) is 14.2. The van der Waals surface area contributed by atoms with E-state index in [1.807, 2.05) is 6.92 Å². The molecule has 5 nitrogen and oxygen atoms in total. The van der Waals surface area contributed by atoms with Crippen LogP contribution in [-0.2, 0) is 4.74 Å². The summed E-state index contributed by atoms with van der Waals surface area (Å²) in [5.74, 6) is -0.340. The van der Waals surface area contributed by atoms with Crippen molar-refractivity contribution in [3.05, 3.63) is 53.1 Å². The number of morpholine rings is 1. The van der Waals surface area contributed by atoms with Gasteiger partial charge >= 0.3 is 0 Å². The number of hydrogen-bond donors (Lipinski definition) is 1. The van der Waals surface area contributed by atoms with E-state index in [1.54, 1.807) is 23.2 Å². The molecule has 1 saturated heterocycles. The van der Waals surface area contributed by atoms with Crippen LogP contribution >= 0.6 is 0 Å². The lowest BCUT2D eigenvalue weighted by Crippen LogP contribution is -2.42. The molecule has 1 aromatic carbocycles. The molecular formula is C15H16FN3O2. The molecule has 110 valence electrons. The van der Waals surface area contributed by atoms with Gasteiger partial charge in [0.25, 0.3) is 5.91 Å². The summed E-state index contributed by atoms with van der Waals surface area (Å²) >= 11 is 0. The number of nitrogens with zero attached hydrogens (tertiary/aromatic N) is 2. The zero-order valence-corrected chi connectivity index (χ0v) is 11.7. The maximum absolute atomic E-state index is 13.0. The summed E-state index contributed by atoms with van der Waals surface area (Å²) < 4.78 is 18.7. The van der Waals surface area contributed by atoms with Crippen LogP contribution in [0.3, 0.4) is 0 Å². The molecule has 6 heteroatoms. The number of nitrogens with one attached hydrogen (secondary N) is 1. The van der Waals surface area contributed by atoms with Gasteiger partial charge in [-0.25, -0.2) is 4.39 Å². The molecule has 21 heavy (non-hydrogen) atoms. The van der Waals surface area contributed by atoms with Crippen LogP contribution in [0.1, 0.15) is 27.7 Å². The SMILES string of the molecule is Cc1[nH]ncc1C(=O)N1CCOC(c2ccc(F)cc2)C1. The van der Waals surface area contributed by atoms with Crippen molar-refractivity contribution >= 4 is 5.91 Å². The molecule has 1 aliphatic rings. The van der Waals surface area contributed by atoms with E-state index < -0.39 is 0 Å². The Morgan fingerprint density at radius 1 is 1.43 bits per heavy atom. The fourth-order valence-electron chi connectivity index (χ4n) is 2.45. The monoisotopic (exact) mass is 289 g/mol. The first-order valence-corrected chi connectivity index (χ1v) is 6.81. The summed E-state index contributed by atoms with van der Waals surface area (Å²) in [6, 6.07) is 6.19. The van der Waals surface area contributed by atoms with Gasteiger partial charge in [-0.2, -0.15) is 5.10 Å². The zero-order chi connectivity index (χ0) is 14.8. The zero-order valence-electron chi connectivity index (χ0n) is 11.7. The first kappa shape index (κ1) is 13.8. The highest BCUT2D eigenvalue weighted by Crippen LogP contribution is 2.23. The quantitative estimate of drug-likeness (QED) is 0.920. The van der Waals surface area contributed by atoms with E-state index in [0.717, 1.165) is 11.3 Å². The van der Waals surface area contributed by atoms with Crippen molar-refractivity contribution in [1.29, 1.82) is 0 Å². The van der Waals surface area contributed by atoms with Crippen molar-refractivity contribution in [2.24, 2.45) is 0 Å². The minimum absolute atomic E-state index is 0.0586. The molecule has 1 fully saturated rings. The number of amides is 1. The third-order valence-corrected chi connectivity index (χ3v) is 3.66. The van der Waals surface area contributed by atoms with Crippen LogP contribution in [0.15, 0.2) is 30.5 Å². The van der Waals surface area contributed by atoms with Crippen molar-refractivity contribution in [3.63, 3.8) is 0 Å². The van der Waals surface area contributed by atoms with Gasteiger partial charge in [-0.05, 0) is 24.6 Å². The summed E-state index contributed by atoms with van der Waals surface area (Å²) in [5, 5.41) is 6.65. The summed E-state index contributed by atoms with van der Waals surface area (Å²) in [6.45, 7) is 3.28. The minimum atomic E-state index is -0.281. The Labute approximate surface area is 121 Å². The first-order chi connectivity index (χ1) is 10.1. The number of aromatic nitrogens is 2. The van der Waals surface area contributed by atoms with Crippen molar-refractivity contribution in [2.45, 2.75) is 13.0 Å². The van der Waals surface area contributed by atoms with E-state index >= 15 is 0 Å². The van der Waals surface area contributed by atoms with E-state index in [2.05, 4.69) is 10.2 Å². The largest absolute Gasteiger partial charge is 0.370 e. The van der Waals surface area contributed by atoms with Crippen LogP contribution in [-0.4, -0.2) is 40.7 Å². The Bertz CT molecular complexity index is 639. The number of rotatable bonds is 2. The topological polar surface area (TPSA) is 58.2 Å². The van der Waals surface area contributed by atoms with Crippen LogP contribution in [0, 0.1) is 12.7 Å². The molecule has 1 amide bonds. The number of aromatic amines is 1. The van der Waals surface area contributed by atoms with Crippen LogP contribution < -0.4 is 0 Å². The predicted octanol–water partition coefficient (Wildman–Crippen LogP) is 2.07. The Kier molecular flexibility index (Phi) is 3.70. The Morgan fingerprint density at radius 3 is 2.86 bits per heavy atom. The third-order valence-electron chi connectivity index (χ3n) is 3.66. The molecule has 3 rings (SSSR count). The van der Waals surface area contributed by atoms with E-state index in [-0.39, 0.29) is 17.8 Å². The van der Waals surface area contributed by atoms with E-state index in [9.17, 15) is 9.18 Å². The van der Waals surface area contributed by atoms with Crippen molar-refractivity contribution in [2.75, 3.05) is 19.7 Å². The highest BCUT2D eigenvalue weighted by molar-refractivity contribution is 5.95. The lowest BCUT2D eigenvalue weighted by atomic mass is 10.1. The summed E-state index contributed by atoms with van der Waals surface area (Å²) in [5.41, 5.74) is 2.21. The highest BCUT2D eigenvalue weighted by Gasteiger charge is 2.27. The van der Waals surface area contributed by atoms with Gasteiger partial charge < -0.3 is 9.64 Å².